The van der Waals surface area contributed by atoms with Gasteiger partial charge in [0.15, 0.2) is 0 Å². The zero-order valence-electron chi connectivity index (χ0n) is 13.4. The number of carbonyl (C=O) groups excluding carboxylic acids is 1. The van der Waals surface area contributed by atoms with Gasteiger partial charge in [-0.25, -0.2) is 8.78 Å². The normalized spacial score (nSPS) is 24.9. The van der Waals surface area contributed by atoms with Crippen molar-refractivity contribution in [3.05, 3.63) is 21.9 Å². The maximum atomic E-state index is 13.7. The first-order chi connectivity index (χ1) is 10.9. The summed E-state index contributed by atoms with van der Waals surface area (Å²) in [5.74, 6) is -2.64. The molecule has 1 aromatic rings. The highest BCUT2D eigenvalue weighted by atomic mass is 32.1. The summed E-state index contributed by atoms with van der Waals surface area (Å²) in [6.45, 7) is 5.47. The lowest BCUT2D eigenvalue weighted by molar-refractivity contribution is -0.0147. The van der Waals surface area contributed by atoms with Crippen LogP contribution in [0.1, 0.15) is 28.6 Å². The number of rotatable bonds is 5. The minimum atomic E-state index is -2.66. The zero-order valence-corrected chi connectivity index (χ0v) is 14.2. The molecule has 2 saturated heterocycles. The van der Waals surface area contributed by atoms with E-state index in [0.717, 1.165) is 10.4 Å². The maximum absolute atomic E-state index is 13.7. The fraction of sp³-hybridized carbons (Fsp3) is 0.688. The van der Waals surface area contributed by atoms with E-state index >= 15 is 0 Å². The molecule has 23 heavy (non-hydrogen) atoms. The van der Waals surface area contributed by atoms with Gasteiger partial charge in [-0.2, -0.15) is 0 Å². The number of amides is 1. The van der Waals surface area contributed by atoms with Gasteiger partial charge < -0.3 is 9.64 Å². The van der Waals surface area contributed by atoms with Gasteiger partial charge in [0.05, 0.1) is 18.0 Å². The predicted molar refractivity (Wildman–Crippen MR) is 85.3 cm³/mol. The number of thiophene rings is 1. The number of aryl methyl sites for hydroxylation is 1. The van der Waals surface area contributed by atoms with E-state index in [9.17, 15) is 13.6 Å². The number of alkyl halides is 2. The zero-order chi connectivity index (χ0) is 16.6. The summed E-state index contributed by atoms with van der Waals surface area (Å²) in [4.78, 5) is 16.7. The second-order valence-electron chi connectivity index (χ2n) is 6.34. The number of nitrogens with zero attached hydrogens (tertiary/aromatic N) is 2. The van der Waals surface area contributed by atoms with Crippen LogP contribution in [-0.4, -0.2) is 66.6 Å². The van der Waals surface area contributed by atoms with Crippen LogP contribution in [0.3, 0.4) is 0 Å². The first-order valence-corrected chi connectivity index (χ1v) is 8.84. The van der Waals surface area contributed by atoms with Crippen molar-refractivity contribution in [1.29, 1.82) is 0 Å². The average Bonchev–Trinajstić information content (AvgIpc) is 2.98. The van der Waals surface area contributed by atoms with E-state index < -0.39 is 5.92 Å². The summed E-state index contributed by atoms with van der Waals surface area (Å²) in [6, 6.07) is 1.68. The molecule has 0 radical (unpaired) electrons. The van der Waals surface area contributed by atoms with E-state index in [1.54, 1.807) is 4.90 Å². The standard InChI is InChI=1S/C16H22F2N2O2S/c1-3-22-9-12-6-16(17,18)10-20(12)13-7-19(8-13)15(21)14-11(2)4-5-23-14/h4-5,12-13H,3,6-10H2,1-2H3/t12-/m0/s1. The Morgan fingerprint density at radius 1 is 1.48 bits per heavy atom. The van der Waals surface area contributed by atoms with Gasteiger partial charge in [-0.05, 0) is 30.9 Å². The third kappa shape index (κ3) is 3.41. The van der Waals surface area contributed by atoms with E-state index in [1.807, 2.05) is 30.2 Å². The molecule has 2 fully saturated rings. The Kier molecular flexibility index (Phi) is 4.71. The van der Waals surface area contributed by atoms with Gasteiger partial charge in [0.25, 0.3) is 11.8 Å². The van der Waals surface area contributed by atoms with E-state index in [0.29, 0.717) is 26.3 Å². The summed E-state index contributed by atoms with van der Waals surface area (Å²) < 4.78 is 32.9. The molecule has 0 aliphatic carbocycles. The first kappa shape index (κ1) is 16.8. The molecule has 1 aromatic heterocycles. The van der Waals surface area contributed by atoms with Crippen LogP contribution < -0.4 is 0 Å². The van der Waals surface area contributed by atoms with Crippen LogP contribution in [0.4, 0.5) is 8.78 Å². The lowest BCUT2D eigenvalue weighted by Crippen LogP contribution is -2.62. The van der Waals surface area contributed by atoms with Crippen molar-refractivity contribution in [2.45, 2.75) is 38.3 Å². The lowest BCUT2D eigenvalue weighted by Gasteiger charge is -2.45. The highest BCUT2D eigenvalue weighted by Gasteiger charge is 2.50. The van der Waals surface area contributed by atoms with E-state index in [-0.39, 0.29) is 31.0 Å². The molecule has 0 saturated carbocycles. The van der Waals surface area contributed by atoms with Crippen molar-refractivity contribution in [2.75, 3.05) is 32.8 Å². The van der Waals surface area contributed by atoms with E-state index in [2.05, 4.69) is 0 Å². The van der Waals surface area contributed by atoms with Gasteiger partial charge in [0.2, 0.25) is 0 Å². The van der Waals surface area contributed by atoms with Crippen molar-refractivity contribution < 1.29 is 18.3 Å². The molecule has 128 valence electrons. The average molecular weight is 344 g/mol. The third-order valence-corrected chi connectivity index (χ3v) is 5.61. The lowest BCUT2D eigenvalue weighted by atomic mass is 10.1. The highest BCUT2D eigenvalue weighted by Crippen LogP contribution is 2.36. The molecule has 2 aliphatic heterocycles. The minimum Gasteiger partial charge on any atom is -0.380 e. The molecule has 0 spiro atoms. The topological polar surface area (TPSA) is 32.8 Å². The van der Waals surface area contributed by atoms with Crippen LogP contribution in [0.5, 0.6) is 0 Å². The quantitative estimate of drug-likeness (QED) is 0.823. The predicted octanol–water partition coefficient (Wildman–Crippen LogP) is 2.63. The number of ether oxygens (including phenoxy) is 1. The number of carbonyl (C=O) groups is 1. The van der Waals surface area contributed by atoms with Gasteiger partial charge in [-0.1, -0.05) is 0 Å². The fourth-order valence-corrected chi connectivity index (χ4v) is 4.22. The number of likely N-dealkylation sites (tertiary alicyclic amines) is 2. The Labute approximate surface area is 139 Å². The summed E-state index contributed by atoms with van der Waals surface area (Å²) in [7, 11) is 0. The molecule has 0 aromatic carbocycles. The molecular weight excluding hydrogens is 322 g/mol. The van der Waals surface area contributed by atoms with E-state index in [4.69, 9.17) is 4.74 Å². The van der Waals surface area contributed by atoms with Gasteiger partial charge in [0.1, 0.15) is 0 Å². The number of halogens is 2. The Bertz CT molecular complexity index is 572. The number of hydrogen-bond donors (Lipinski definition) is 0. The molecule has 1 atom stereocenters. The largest absolute Gasteiger partial charge is 0.380 e. The van der Waals surface area contributed by atoms with Crippen LogP contribution in [0, 0.1) is 6.92 Å². The highest BCUT2D eigenvalue weighted by molar-refractivity contribution is 7.12. The summed E-state index contributed by atoms with van der Waals surface area (Å²) in [5.41, 5.74) is 0.977. The monoisotopic (exact) mass is 344 g/mol. The molecule has 0 bridgehead atoms. The van der Waals surface area contributed by atoms with Crippen LogP contribution in [0.25, 0.3) is 0 Å². The second-order valence-corrected chi connectivity index (χ2v) is 7.26. The van der Waals surface area contributed by atoms with Gasteiger partial charge >= 0.3 is 0 Å². The van der Waals surface area contributed by atoms with Crippen molar-refractivity contribution in [3.63, 3.8) is 0 Å². The fourth-order valence-electron chi connectivity index (χ4n) is 3.32. The summed E-state index contributed by atoms with van der Waals surface area (Å²) in [5, 5.41) is 1.90. The SMILES string of the molecule is CCOC[C@@H]1CC(F)(F)CN1C1CN(C(=O)c2sccc2C)C1. The molecule has 0 unspecified atom stereocenters. The van der Waals surface area contributed by atoms with Crippen LogP contribution in [0.2, 0.25) is 0 Å². The van der Waals surface area contributed by atoms with Crippen LogP contribution in [0.15, 0.2) is 11.4 Å². The Hall–Kier alpha value is -1.05. The molecule has 2 aliphatic rings. The summed E-state index contributed by atoms with van der Waals surface area (Å²) >= 11 is 1.44. The molecular formula is C16H22F2N2O2S. The van der Waals surface area contributed by atoms with Crippen molar-refractivity contribution in [1.82, 2.24) is 9.80 Å². The smallest absolute Gasteiger partial charge is 0.264 e. The molecule has 3 rings (SSSR count). The summed E-state index contributed by atoms with van der Waals surface area (Å²) in [6.07, 6.45) is -0.151. The Balaban J connectivity index is 1.59. The third-order valence-electron chi connectivity index (χ3n) is 4.61. The molecule has 7 heteroatoms. The van der Waals surface area contributed by atoms with Crippen LogP contribution in [-0.2, 0) is 4.74 Å². The first-order valence-electron chi connectivity index (χ1n) is 7.96. The molecule has 3 heterocycles. The van der Waals surface area contributed by atoms with Gasteiger partial charge in [0, 0.05) is 38.2 Å². The van der Waals surface area contributed by atoms with Gasteiger partial charge in [-0.3, -0.25) is 9.69 Å². The number of hydrogen-bond acceptors (Lipinski definition) is 4. The van der Waals surface area contributed by atoms with Crippen LogP contribution >= 0.6 is 11.3 Å². The maximum Gasteiger partial charge on any atom is 0.264 e. The minimum absolute atomic E-state index is 0.0121. The van der Waals surface area contributed by atoms with Crippen molar-refractivity contribution >= 4 is 17.2 Å². The van der Waals surface area contributed by atoms with Gasteiger partial charge in [-0.15, -0.1) is 11.3 Å². The molecule has 0 N–H and O–H groups in total. The Morgan fingerprint density at radius 2 is 2.22 bits per heavy atom. The molecule has 4 nitrogen and oxygen atoms in total. The second kappa shape index (κ2) is 6.45. The van der Waals surface area contributed by atoms with Crippen molar-refractivity contribution in [2.24, 2.45) is 0 Å². The molecule has 1 amide bonds. The Morgan fingerprint density at radius 3 is 2.83 bits per heavy atom. The van der Waals surface area contributed by atoms with E-state index in [1.165, 1.54) is 11.3 Å². The van der Waals surface area contributed by atoms with Crippen molar-refractivity contribution in [3.8, 4) is 0 Å².